The summed E-state index contributed by atoms with van der Waals surface area (Å²) < 4.78 is 0. The number of carbonyl (C=O) groups excluding carboxylic acids is 1. The Morgan fingerprint density at radius 3 is 2.75 bits per heavy atom. The maximum atomic E-state index is 12.4. The molecule has 0 unspecified atom stereocenters. The second-order valence-electron chi connectivity index (χ2n) is 5.16. The lowest BCUT2D eigenvalue weighted by atomic mass is 10.2. The van der Waals surface area contributed by atoms with E-state index >= 15 is 0 Å². The van der Waals surface area contributed by atoms with Gasteiger partial charge in [-0.05, 0) is 13.5 Å². The molecule has 0 atom stereocenters. The molecule has 0 aliphatic carbocycles. The Bertz CT molecular complexity index is 443. The molecule has 0 bridgehead atoms. The maximum absolute atomic E-state index is 12.4. The van der Waals surface area contributed by atoms with Crippen molar-refractivity contribution in [2.24, 2.45) is 0 Å². The molecule has 6 nitrogen and oxygen atoms in total. The Kier molecular flexibility index (Phi) is 5.29. The van der Waals surface area contributed by atoms with E-state index in [1.54, 1.807) is 6.07 Å². The Balaban J connectivity index is 1.97. The summed E-state index contributed by atoms with van der Waals surface area (Å²) >= 11 is 0. The first-order valence-corrected chi connectivity index (χ1v) is 7.24. The Morgan fingerprint density at radius 1 is 1.30 bits per heavy atom. The van der Waals surface area contributed by atoms with Crippen molar-refractivity contribution in [1.82, 2.24) is 19.8 Å². The van der Waals surface area contributed by atoms with Crippen molar-refractivity contribution in [3.05, 3.63) is 18.1 Å². The molecular formula is C14H23N5O. The SMILES string of the molecule is CCCCNc1cc(C(=O)N2CCN(C)CC2)ncn1. The summed E-state index contributed by atoms with van der Waals surface area (Å²) in [5, 5.41) is 3.22. The van der Waals surface area contributed by atoms with Crippen LogP contribution in [-0.2, 0) is 0 Å². The molecule has 0 aromatic carbocycles. The fraction of sp³-hybridized carbons (Fsp3) is 0.643. The molecule has 1 aromatic heterocycles. The van der Waals surface area contributed by atoms with Gasteiger partial charge in [0.05, 0.1) is 0 Å². The zero-order valence-electron chi connectivity index (χ0n) is 12.3. The van der Waals surface area contributed by atoms with Crippen molar-refractivity contribution in [2.75, 3.05) is 45.1 Å². The van der Waals surface area contributed by atoms with Gasteiger partial charge in [0.1, 0.15) is 17.8 Å². The topological polar surface area (TPSA) is 61.4 Å². The summed E-state index contributed by atoms with van der Waals surface area (Å²) in [6, 6.07) is 1.75. The van der Waals surface area contributed by atoms with E-state index in [1.165, 1.54) is 6.33 Å². The molecule has 1 saturated heterocycles. The van der Waals surface area contributed by atoms with Crippen LogP contribution in [0.2, 0.25) is 0 Å². The molecule has 2 rings (SSSR count). The first-order chi connectivity index (χ1) is 9.70. The summed E-state index contributed by atoms with van der Waals surface area (Å²) in [4.78, 5) is 24.7. The van der Waals surface area contributed by atoms with Crippen molar-refractivity contribution >= 4 is 11.7 Å². The largest absolute Gasteiger partial charge is 0.370 e. The molecule has 1 fully saturated rings. The Hall–Kier alpha value is -1.69. The predicted octanol–water partition coefficient (Wildman–Crippen LogP) is 1.08. The predicted molar refractivity (Wildman–Crippen MR) is 78.8 cm³/mol. The van der Waals surface area contributed by atoms with Crippen molar-refractivity contribution in [3.8, 4) is 0 Å². The highest BCUT2D eigenvalue weighted by Crippen LogP contribution is 2.09. The average Bonchev–Trinajstić information content (AvgIpc) is 2.48. The monoisotopic (exact) mass is 277 g/mol. The number of anilines is 1. The zero-order chi connectivity index (χ0) is 14.4. The molecule has 1 N–H and O–H groups in total. The van der Waals surface area contributed by atoms with E-state index in [0.717, 1.165) is 51.4 Å². The van der Waals surface area contributed by atoms with Crippen LogP contribution in [0.5, 0.6) is 0 Å². The second kappa shape index (κ2) is 7.19. The molecule has 1 aromatic rings. The van der Waals surface area contributed by atoms with Crippen molar-refractivity contribution < 1.29 is 4.79 Å². The highest BCUT2D eigenvalue weighted by molar-refractivity contribution is 5.93. The van der Waals surface area contributed by atoms with Gasteiger partial charge in [0.2, 0.25) is 0 Å². The van der Waals surface area contributed by atoms with Crippen LogP contribution >= 0.6 is 0 Å². The van der Waals surface area contributed by atoms with Gasteiger partial charge in [-0.3, -0.25) is 4.79 Å². The van der Waals surface area contributed by atoms with Gasteiger partial charge in [0.15, 0.2) is 0 Å². The minimum atomic E-state index is -0.000887. The molecule has 0 spiro atoms. The van der Waals surface area contributed by atoms with Gasteiger partial charge in [0, 0.05) is 38.8 Å². The molecular weight excluding hydrogens is 254 g/mol. The third kappa shape index (κ3) is 3.90. The van der Waals surface area contributed by atoms with E-state index in [4.69, 9.17) is 0 Å². The maximum Gasteiger partial charge on any atom is 0.272 e. The number of aromatic nitrogens is 2. The Morgan fingerprint density at radius 2 is 2.05 bits per heavy atom. The lowest BCUT2D eigenvalue weighted by Crippen LogP contribution is -2.47. The van der Waals surface area contributed by atoms with E-state index in [2.05, 4.69) is 34.2 Å². The highest BCUT2D eigenvalue weighted by Gasteiger charge is 2.21. The molecule has 0 radical (unpaired) electrons. The number of hydrogen-bond acceptors (Lipinski definition) is 5. The van der Waals surface area contributed by atoms with Crippen LogP contribution < -0.4 is 5.32 Å². The number of hydrogen-bond donors (Lipinski definition) is 1. The van der Waals surface area contributed by atoms with Crippen LogP contribution in [0.1, 0.15) is 30.3 Å². The van der Waals surface area contributed by atoms with Crippen LogP contribution in [-0.4, -0.2) is 65.4 Å². The van der Waals surface area contributed by atoms with Gasteiger partial charge >= 0.3 is 0 Å². The van der Waals surface area contributed by atoms with Gasteiger partial charge in [-0.15, -0.1) is 0 Å². The van der Waals surface area contributed by atoms with Crippen LogP contribution in [0.4, 0.5) is 5.82 Å². The number of carbonyl (C=O) groups is 1. The summed E-state index contributed by atoms with van der Waals surface area (Å²) in [5.74, 6) is 0.727. The van der Waals surface area contributed by atoms with E-state index in [-0.39, 0.29) is 5.91 Å². The van der Waals surface area contributed by atoms with Crippen LogP contribution in [0.25, 0.3) is 0 Å². The number of nitrogens with zero attached hydrogens (tertiary/aromatic N) is 4. The number of rotatable bonds is 5. The Labute approximate surface area is 120 Å². The molecule has 20 heavy (non-hydrogen) atoms. The highest BCUT2D eigenvalue weighted by atomic mass is 16.2. The minimum Gasteiger partial charge on any atom is -0.370 e. The van der Waals surface area contributed by atoms with Gasteiger partial charge < -0.3 is 15.1 Å². The van der Waals surface area contributed by atoms with E-state index in [1.807, 2.05) is 4.90 Å². The molecule has 110 valence electrons. The van der Waals surface area contributed by atoms with E-state index in [9.17, 15) is 4.79 Å². The summed E-state index contributed by atoms with van der Waals surface area (Å²) in [5.41, 5.74) is 0.476. The summed E-state index contributed by atoms with van der Waals surface area (Å²) in [6.45, 7) is 6.37. The smallest absolute Gasteiger partial charge is 0.272 e. The molecule has 1 amide bonds. The van der Waals surface area contributed by atoms with Crippen molar-refractivity contribution in [1.29, 1.82) is 0 Å². The number of piperazine rings is 1. The second-order valence-corrected chi connectivity index (χ2v) is 5.16. The quantitative estimate of drug-likeness (QED) is 0.816. The third-order valence-electron chi connectivity index (χ3n) is 3.51. The van der Waals surface area contributed by atoms with Gasteiger partial charge in [-0.2, -0.15) is 0 Å². The lowest BCUT2D eigenvalue weighted by molar-refractivity contribution is 0.0658. The fourth-order valence-electron chi connectivity index (χ4n) is 2.14. The molecule has 1 aliphatic heterocycles. The van der Waals surface area contributed by atoms with Crippen LogP contribution in [0.15, 0.2) is 12.4 Å². The lowest BCUT2D eigenvalue weighted by Gasteiger charge is -2.32. The van der Waals surface area contributed by atoms with Crippen LogP contribution in [0.3, 0.4) is 0 Å². The number of unbranched alkanes of at least 4 members (excludes halogenated alkanes) is 1. The van der Waals surface area contributed by atoms with E-state index in [0.29, 0.717) is 5.69 Å². The number of amides is 1. The van der Waals surface area contributed by atoms with Gasteiger partial charge in [-0.1, -0.05) is 13.3 Å². The molecule has 2 heterocycles. The third-order valence-corrected chi connectivity index (χ3v) is 3.51. The van der Waals surface area contributed by atoms with Gasteiger partial charge in [-0.25, -0.2) is 9.97 Å². The van der Waals surface area contributed by atoms with Crippen LogP contribution in [0, 0.1) is 0 Å². The van der Waals surface area contributed by atoms with Gasteiger partial charge in [0.25, 0.3) is 5.91 Å². The minimum absolute atomic E-state index is 0.000887. The number of likely N-dealkylation sites (N-methyl/N-ethyl adjacent to an activating group) is 1. The van der Waals surface area contributed by atoms with Crippen molar-refractivity contribution in [2.45, 2.75) is 19.8 Å². The summed E-state index contributed by atoms with van der Waals surface area (Å²) in [7, 11) is 2.07. The standard InChI is InChI=1S/C14H23N5O/c1-3-4-5-15-13-10-12(16-11-17-13)14(20)19-8-6-18(2)7-9-19/h10-11H,3-9H2,1-2H3,(H,15,16,17). The first kappa shape index (κ1) is 14.7. The average molecular weight is 277 g/mol. The molecule has 1 aliphatic rings. The first-order valence-electron chi connectivity index (χ1n) is 7.24. The molecule has 0 saturated carbocycles. The normalized spacial score (nSPS) is 16.2. The fourth-order valence-corrected chi connectivity index (χ4v) is 2.14. The van der Waals surface area contributed by atoms with Crippen molar-refractivity contribution in [3.63, 3.8) is 0 Å². The summed E-state index contributed by atoms with van der Waals surface area (Å²) in [6.07, 6.45) is 3.68. The zero-order valence-corrected chi connectivity index (χ0v) is 12.3. The number of nitrogens with one attached hydrogen (secondary N) is 1. The molecule has 6 heteroatoms. The van der Waals surface area contributed by atoms with E-state index < -0.39 is 0 Å².